The summed E-state index contributed by atoms with van der Waals surface area (Å²) in [5, 5.41) is 4.00. The maximum Gasteiger partial charge on any atom is 0.223 e. The van der Waals surface area contributed by atoms with Gasteiger partial charge in [0.25, 0.3) is 0 Å². The molecular weight excluding hydrogens is 353 g/mol. The van der Waals surface area contributed by atoms with Gasteiger partial charge in [-0.15, -0.1) is 0 Å². The first-order valence-electron chi connectivity index (χ1n) is 8.86. The van der Waals surface area contributed by atoms with Crippen LogP contribution in [0.5, 0.6) is 0 Å². The number of carbonyl (C=O) groups excluding carboxylic acids is 1. The number of nitrogens with zero attached hydrogens (tertiary/aromatic N) is 2. The van der Waals surface area contributed by atoms with Crippen LogP contribution in [0.15, 0.2) is 48.5 Å². The van der Waals surface area contributed by atoms with E-state index in [9.17, 15) is 9.18 Å². The molecule has 1 aliphatic rings. The number of rotatable bonds is 6. The molecule has 2 aromatic carbocycles. The quantitative estimate of drug-likeness (QED) is 0.787. The van der Waals surface area contributed by atoms with Crippen molar-refractivity contribution in [1.82, 2.24) is 10.2 Å². The molecule has 1 heterocycles. The first kappa shape index (κ1) is 18.7. The van der Waals surface area contributed by atoms with Gasteiger partial charge in [-0.3, -0.25) is 4.79 Å². The topological polar surface area (TPSA) is 35.6 Å². The van der Waals surface area contributed by atoms with Crippen molar-refractivity contribution in [1.29, 1.82) is 0 Å². The first-order valence-corrected chi connectivity index (χ1v) is 9.24. The second-order valence-electron chi connectivity index (χ2n) is 6.37. The molecule has 1 saturated heterocycles. The largest absolute Gasteiger partial charge is 0.366 e. The normalized spacial score (nSPS) is 14.5. The van der Waals surface area contributed by atoms with Crippen molar-refractivity contribution in [3.63, 3.8) is 0 Å². The summed E-state index contributed by atoms with van der Waals surface area (Å²) in [7, 11) is 0. The summed E-state index contributed by atoms with van der Waals surface area (Å²) < 4.78 is 13.9. The number of halogens is 2. The van der Waals surface area contributed by atoms with Crippen molar-refractivity contribution in [2.75, 3.05) is 37.6 Å². The Hall–Kier alpha value is -2.11. The molecule has 0 unspecified atom stereocenters. The van der Waals surface area contributed by atoms with Gasteiger partial charge in [0.1, 0.15) is 5.82 Å². The average Bonchev–Trinajstić information content (AvgIpc) is 2.67. The van der Waals surface area contributed by atoms with Crippen LogP contribution in [-0.4, -0.2) is 43.5 Å². The number of hydrogen-bond donors (Lipinski definition) is 1. The molecule has 4 nitrogen and oxygen atoms in total. The summed E-state index contributed by atoms with van der Waals surface area (Å²) >= 11 is 5.86. The summed E-state index contributed by atoms with van der Waals surface area (Å²) in [6, 6.07) is 14.4. The van der Waals surface area contributed by atoms with Crippen LogP contribution < -0.4 is 10.2 Å². The van der Waals surface area contributed by atoms with E-state index in [4.69, 9.17) is 11.6 Å². The fraction of sp³-hybridized carbons (Fsp3) is 0.350. The Morgan fingerprint density at radius 1 is 1.04 bits per heavy atom. The van der Waals surface area contributed by atoms with Crippen LogP contribution >= 0.6 is 11.6 Å². The lowest BCUT2D eigenvalue weighted by Gasteiger charge is -2.36. The monoisotopic (exact) mass is 375 g/mol. The van der Waals surface area contributed by atoms with Crippen LogP contribution in [0.1, 0.15) is 12.0 Å². The lowest BCUT2D eigenvalue weighted by Crippen LogP contribution is -2.49. The van der Waals surface area contributed by atoms with Crippen molar-refractivity contribution in [2.45, 2.75) is 13.0 Å². The smallest absolute Gasteiger partial charge is 0.223 e. The fourth-order valence-electron chi connectivity index (χ4n) is 3.09. The molecule has 0 radical (unpaired) electrons. The molecule has 2 aromatic rings. The van der Waals surface area contributed by atoms with Gasteiger partial charge in [0.2, 0.25) is 5.91 Å². The van der Waals surface area contributed by atoms with E-state index in [1.165, 1.54) is 6.07 Å². The van der Waals surface area contributed by atoms with E-state index in [-0.39, 0.29) is 11.7 Å². The molecule has 0 atom stereocenters. The first-order chi connectivity index (χ1) is 12.6. The molecule has 138 valence electrons. The van der Waals surface area contributed by atoms with E-state index in [0.29, 0.717) is 51.4 Å². The Bertz CT molecular complexity index is 730. The molecule has 1 fully saturated rings. The van der Waals surface area contributed by atoms with Crippen molar-refractivity contribution in [2.24, 2.45) is 0 Å². The van der Waals surface area contributed by atoms with Crippen molar-refractivity contribution in [3.8, 4) is 0 Å². The summed E-state index contributed by atoms with van der Waals surface area (Å²) in [6.45, 7) is 3.92. The Balaban J connectivity index is 1.38. The lowest BCUT2D eigenvalue weighted by molar-refractivity contribution is -0.131. The Kier molecular flexibility index (Phi) is 6.47. The number of amides is 1. The maximum absolute atomic E-state index is 13.9. The number of carbonyl (C=O) groups is 1. The molecule has 0 bridgehead atoms. The zero-order chi connectivity index (χ0) is 18.4. The molecule has 3 rings (SSSR count). The Labute approximate surface area is 158 Å². The predicted molar refractivity (Wildman–Crippen MR) is 103 cm³/mol. The van der Waals surface area contributed by atoms with Crippen LogP contribution in [0.2, 0.25) is 5.02 Å². The van der Waals surface area contributed by atoms with Crippen molar-refractivity contribution < 1.29 is 9.18 Å². The van der Waals surface area contributed by atoms with Crippen LogP contribution in [0.4, 0.5) is 10.1 Å². The highest BCUT2D eigenvalue weighted by Crippen LogP contribution is 2.20. The fourth-order valence-corrected chi connectivity index (χ4v) is 3.22. The highest BCUT2D eigenvalue weighted by Gasteiger charge is 2.22. The minimum absolute atomic E-state index is 0.141. The zero-order valence-electron chi connectivity index (χ0n) is 14.6. The SMILES string of the molecule is O=C(CCNCc1ccc(Cl)cc1)N1CCN(c2ccccc2F)CC1. The molecule has 0 spiro atoms. The lowest BCUT2D eigenvalue weighted by atomic mass is 10.2. The van der Waals surface area contributed by atoms with Gasteiger partial charge >= 0.3 is 0 Å². The van der Waals surface area contributed by atoms with Gasteiger partial charge in [-0.2, -0.15) is 0 Å². The molecule has 1 amide bonds. The molecule has 6 heteroatoms. The highest BCUT2D eigenvalue weighted by atomic mass is 35.5. The summed E-state index contributed by atoms with van der Waals surface area (Å²) in [6.07, 6.45) is 0.466. The van der Waals surface area contributed by atoms with Crippen LogP contribution in [0.25, 0.3) is 0 Å². The number of benzene rings is 2. The van der Waals surface area contributed by atoms with Gasteiger partial charge in [-0.05, 0) is 29.8 Å². The summed E-state index contributed by atoms with van der Waals surface area (Å²) in [5.74, 6) is -0.0690. The van der Waals surface area contributed by atoms with Gasteiger partial charge in [-0.1, -0.05) is 35.9 Å². The van der Waals surface area contributed by atoms with Crippen LogP contribution in [0, 0.1) is 5.82 Å². The summed E-state index contributed by atoms with van der Waals surface area (Å²) in [5.41, 5.74) is 1.75. The standard InChI is InChI=1S/C20H23ClFN3O/c21-17-7-5-16(6-8-17)15-23-10-9-20(26)25-13-11-24(12-14-25)19-4-2-1-3-18(19)22/h1-8,23H,9-15H2. The Morgan fingerprint density at radius 3 is 2.42 bits per heavy atom. The molecule has 0 aromatic heterocycles. The number of anilines is 1. The molecule has 1 aliphatic heterocycles. The van der Waals surface area contributed by atoms with Crippen LogP contribution in [-0.2, 0) is 11.3 Å². The van der Waals surface area contributed by atoms with Crippen molar-refractivity contribution in [3.05, 3.63) is 64.9 Å². The predicted octanol–water partition coefficient (Wildman–Crippen LogP) is 3.31. The minimum Gasteiger partial charge on any atom is -0.366 e. The molecule has 1 N–H and O–H groups in total. The second kappa shape index (κ2) is 9.01. The highest BCUT2D eigenvalue weighted by molar-refractivity contribution is 6.30. The summed E-state index contributed by atoms with van der Waals surface area (Å²) in [4.78, 5) is 16.2. The minimum atomic E-state index is -0.210. The third kappa shape index (κ3) is 4.96. The van der Waals surface area contributed by atoms with E-state index < -0.39 is 0 Å². The van der Waals surface area contributed by atoms with Crippen molar-refractivity contribution >= 4 is 23.2 Å². The number of nitrogens with one attached hydrogen (secondary N) is 1. The van der Waals surface area contributed by atoms with E-state index in [1.807, 2.05) is 40.1 Å². The van der Waals surface area contributed by atoms with E-state index in [1.54, 1.807) is 12.1 Å². The van der Waals surface area contributed by atoms with E-state index >= 15 is 0 Å². The van der Waals surface area contributed by atoms with Gasteiger partial charge < -0.3 is 15.1 Å². The van der Waals surface area contributed by atoms with E-state index in [0.717, 1.165) is 10.6 Å². The number of para-hydroxylation sites is 1. The average molecular weight is 376 g/mol. The molecular formula is C20H23ClFN3O. The molecule has 0 aliphatic carbocycles. The third-order valence-electron chi connectivity index (χ3n) is 4.58. The number of piperazine rings is 1. The van der Waals surface area contributed by atoms with Gasteiger partial charge in [-0.25, -0.2) is 4.39 Å². The van der Waals surface area contributed by atoms with Gasteiger partial charge in [0.05, 0.1) is 5.69 Å². The zero-order valence-corrected chi connectivity index (χ0v) is 15.4. The molecule has 26 heavy (non-hydrogen) atoms. The maximum atomic E-state index is 13.9. The van der Waals surface area contributed by atoms with Gasteiger partial charge in [0, 0.05) is 50.7 Å². The Morgan fingerprint density at radius 2 is 1.73 bits per heavy atom. The van der Waals surface area contributed by atoms with Crippen LogP contribution in [0.3, 0.4) is 0 Å². The second-order valence-corrected chi connectivity index (χ2v) is 6.81. The molecule has 0 saturated carbocycles. The number of hydrogen-bond acceptors (Lipinski definition) is 3. The third-order valence-corrected chi connectivity index (χ3v) is 4.84. The van der Waals surface area contributed by atoms with E-state index in [2.05, 4.69) is 5.32 Å². The van der Waals surface area contributed by atoms with Gasteiger partial charge in [0.15, 0.2) is 0 Å².